The lowest BCUT2D eigenvalue weighted by Gasteiger charge is -2.20. The molecule has 0 aromatic carbocycles. The summed E-state index contributed by atoms with van der Waals surface area (Å²) in [6, 6.07) is 0. The summed E-state index contributed by atoms with van der Waals surface area (Å²) in [7, 11) is 0.131. The molecule has 0 aliphatic rings. The number of hydrogen-bond donors (Lipinski definition) is 1. The van der Waals surface area contributed by atoms with Crippen molar-refractivity contribution >= 4 is 10.0 Å². The Hall–Kier alpha value is -0.390. The lowest BCUT2D eigenvalue weighted by Crippen LogP contribution is -2.39. The first kappa shape index (κ1) is 12.6. The van der Waals surface area contributed by atoms with Crippen molar-refractivity contribution in [2.75, 3.05) is 27.2 Å². The molecule has 1 atom stereocenters. The molecule has 0 aliphatic heterocycles. The Morgan fingerprint density at radius 3 is 2.54 bits per heavy atom. The highest BCUT2D eigenvalue weighted by molar-refractivity contribution is 7.89. The second-order valence-electron chi connectivity index (χ2n) is 2.98. The predicted octanol–water partition coefficient (Wildman–Crippen LogP) is 0.0419. The zero-order valence-corrected chi connectivity index (χ0v) is 9.26. The minimum atomic E-state index is -3.16. The Morgan fingerprint density at radius 2 is 2.15 bits per heavy atom. The lowest BCUT2D eigenvalue weighted by atomic mass is 10.5. The van der Waals surface area contributed by atoms with E-state index in [9.17, 15) is 8.42 Å². The van der Waals surface area contributed by atoms with E-state index in [1.54, 1.807) is 27.1 Å². The van der Waals surface area contributed by atoms with Crippen LogP contribution in [0.25, 0.3) is 0 Å². The first-order chi connectivity index (χ1) is 5.96. The zero-order valence-electron chi connectivity index (χ0n) is 8.45. The molecule has 1 N–H and O–H groups in total. The number of nitrogens with one attached hydrogen (secondary N) is 1. The topological polar surface area (TPSA) is 49.4 Å². The van der Waals surface area contributed by atoms with Crippen LogP contribution in [0.1, 0.15) is 6.92 Å². The molecule has 0 bridgehead atoms. The molecule has 4 nitrogen and oxygen atoms in total. The van der Waals surface area contributed by atoms with Crippen LogP contribution < -0.4 is 5.32 Å². The van der Waals surface area contributed by atoms with Crippen molar-refractivity contribution in [3.05, 3.63) is 12.7 Å². The van der Waals surface area contributed by atoms with Gasteiger partial charge in [0.2, 0.25) is 10.0 Å². The van der Waals surface area contributed by atoms with E-state index >= 15 is 0 Å². The molecule has 0 aliphatic carbocycles. The maximum Gasteiger partial charge on any atom is 0.217 e. The molecule has 0 aromatic heterocycles. The fourth-order valence-electron chi connectivity index (χ4n) is 0.986. The van der Waals surface area contributed by atoms with Gasteiger partial charge in [-0.05, 0) is 14.0 Å². The molecule has 1 unspecified atom stereocenters. The summed E-state index contributed by atoms with van der Waals surface area (Å²) in [5, 5.41) is 2.44. The molecular formula is C8H18N2O2S. The number of nitrogens with zero attached hydrogens (tertiary/aromatic N) is 1. The molecule has 0 spiro atoms. The highest BCUT2D eigenvalue weighted by atomic mass is 32.2. The number of rotatable bonds is 6. The second-order valence-corrected chi connectivity index (χ2v) is 5.44. The van der Waals surface area contributed by atoms with E-state index in [-0.39, 0.29) is 0 Å². The molecule has 0 heterocycles. The average molecular weight is 206 g/mol. The van der Waals surface area contributed by atoms with Crippen molar-refractivity contribution in [1.29, 1.82) is 0 Å². The summed E-state index contributed by atoms with van der Waals surface area (Å²) in [5.74, 6) is 0. The predicted molar refractivity (Wildman–Crippen MR) is 55.1 cm³/mol. The fourth-order valence-corrected chi connectivity index (χ4v) is 2.29. The summed E-state index contributed by atoms with van der Waals surface area (Å²) >= 11 is 0. The molecule has 13 heavy (non-hydrogen) atoms. The number of hydrogen-bond acceptors (Lipinski definition) is 3. The maximum absolute atomic E-state index is 11.6. The largest absolute Gasteiger partial charge is 0.318 e. The number of sulfonamides is 1. The Bertz CT molecular complexity index is 249. The van der Waals surface area contributed by atoms with E-state index in [2.05, 4.69) is 11.9 Å². The van der Waals surface area contributed by atoms with Gasteiger partial charge in [0.25, 0.3) is 0 Å². The van der Waals surface area contributed by atoms with Crippen LogP contribution in [0.3, 0.4) is 0 Å². The Morgan fingerprint density at radius 1 is 1.62 bits per heavy atom. The van der Waals surface area contributed by atoms with Gasteiger partial charge in [0.05, 0.1) is 5.25 Å². The molecule has 5 heteroatoms. The van der Waals surface area contributed by atoms with Crippen LogP contribution in [0, 0.1) is 0 Å². The monoisotopic (exact) mass is 206 g/mol. The van der Waals surface area contributed by atoms with Gasteiger partial charge in [0, 0.05) is 20.1 Å². The van der Waals surface area contributed by atoms with Crippen molar-refractivity contribution in [2.24, 2.45) is 0 Å². The van der Waals surface area contributed by atoms with E-state index in [0.29, 0.717) is 13.1 Å². The molecule has 0 rings (SSSR count). The third kappa shape index (κ3) is 3.46. The van der Waals surface area contributed by atoms with Crippen LogP contribution in [0.5, 0.6) is 0 Å². The van der Waals surface area contributed by atoms with Crippen LogP contribution in [-0.2, 0) is 10.0 Å². The Balaban J connectivity index is 4.45. The summed E-state index contributed by atoms with van der Waals surface area (Å²) < 4.78 is 24.6. The lowest BCUT2D eigenvalue weighted by molar-refractivity contribution is 0.485. The second kappa shape index (κ2) is 5.36. The third-order valence-corrected chi connectivity index (χ3v) is 4.02. The summed E-state index contributed by atoms with van der Waals surface area (Å²) in [6.07, 6.45) is 1.57. The van der Waals surface area contributed by atoms with Gasteiger partial charge in [-0.25, -0.2) is 12.7 Å². The van der Waals surface area contributed by atoms with Crippen LogP contribution in [0.15, 0.2) is 12.7 Å². The minimum Gasteiger partial charge on any atom is -0.318 e. The smallest absolute Gasteiger partial charge is 0.217 e. The molecular weight excluding hydrogens is 188 g/mol. The Labute approximate surface area is 80.7 Å². The normalized spacial score (nSPS) is 14.5. The van der Waals surface area contributed by atoms with Gasteiger partial charge in [-0.2, -0.15) is 0 Å². The van der Waals surface area contributed by atoms with Crippen LogP contribution in [0.4, 0.5) is 0 Å². The van der Waals surface area contributed by atoms with E-state index in [1.807, 2.05) is 0 Å². The molecule has 0 saturated heterocycles. The molecule has 0 amide bonds. The fraction of sp³-hybridized carbons (Fsp3) is 0.750. The molecule has 78 valence electrons. The van der Waals surface area contributed by atoms with Crippen molar-refractivity contribution in [3.63, 3.8) is 0 Å². The van der Waals surface area contributed by atoms with E-state index in [1.165, 1.54) is 4.31 Å². The zero-order chi connectivity index (χ0) is 10.5. The summed E-state index contributed by atoms with van der Waals surface area (Å²) in [4.78, 5) is 0. The van der Waals surface area contributed by atoms with Crippen molar-refractivity contribution < 1.29 is 8.42 Å². The van der Waals surface area contributed by atoms with E-state index in [4.69, 9.17) is 0 Å². The average Bonchev–Trinajstić information content (AvgIpc) is 2.05. The van der Waals surface area contributed by atoms with E-state index < -0.39 is 15.3 Å². The third-order valence-electron chi connectivity index (χ3n) is 1.82. The van der Waals surface area contributed by atoms with Crippen LogP contribution in [-0.4, -0.2) is 45.2 Å². The van der Waals surface area contributed by atoms with Gasteiger partial charge in [-0.1, -0.05) is 6.08 Å². The Kier molecular flexibility index (Phi) is 5.20. The molecule has 0 saturated carbocycles. The quantitative estimate of drug-likeness (QED) is 0.624. The van der Waals surface area contributed by atoms with Gasteiger partial charge in [0.15, 0.2) is 0 Å². The van der Waals surface area contributed by atoms with Gasteiger partial charge in [0.1, 0.15) is 0 Å². The molecule has 0 radical (unpaired) electrons. The summed E-state index contributed by atoms with van der Waals surface area (Å²) in [5.41, 5.74) is 0. The van der Waals surface area contributed by atoms with Gasteiger partial charge >= 0.3 is 0 Å². The van der Waals surface area contributed by atoms with Gasteiger partial charge in [-0.15, -0.1) is 6.58 Å². The van der Waals surface area contributed by atoms with Crippen molar-refractivity contribution in [2.45, 2.75) is 12.2 Å². The number of likely N-dealkylation sites (N-methyl/N-ethyl adjacent to an activating group) is 1. The summed E-state index contributed by atoms with van der Waals surface area (Å²) in [6.45, 7) is 6.00. The van der Waals surface area contributed by atoms with Crippen molar-refractivity contribution in [3.8, 4) is 0 Å². The standard InChI is InChI=1S/C8H18N2O2S/c1-5-6-10(4)13(11,12)8(2)7-9-3/h5,8-9H,1,6-7H2,2-4H3. The molecule has 0 aromatic rings. The van der Waals surface area contributed by atoms with Crippen LogP contribution in [0.2, 0.25) is 0 Å². The SMILES string of the molecule is C=CCN(C)S(=O)(=O)C(C)CNC. The molecule has 0 fully saturated rings. The minimum absolute atomic E-state index is 0.358. The van der Waals surface area contributed by atoms with E-state index in [0.717, 1.165) is 0 Å². The highest BCUT2D eigenvalue weighted by Crippen LogP contribution is 2.05. The maximum atomic E-state index is 11.6. The van der Waals surface area contributed by atoms with Gasteiger partial charge in [-0.3, -0.25) is 0 Å². The first-order valence-corrected chi connectivity index (χ1v) is 5.67. The van der Waals surface area contributed by atoms with Crippen LogP contribution >= 0.6 is 0 Å². The van der Waals surface area contributed by atoms with Gasteiger partial charge < -0.3 is 5.32 Å². The van der Waals surface area contributed by atoms with Crippen molar-refractivity contribution in [1.82, 2.24) is 9.62 Å². The first-order valence-electron chi connectivity index (χ1n) is 4.17. The highest BCUT2D eigenvalue weighted by Gasteiger charge is 2.23.